The van der Waals surface area contributed by atoms with E-state index in [2.05, 4.69) is 0 Å². The van der Waals surface area contributed by atoms with Crippen LogP contribution in [-0.2, 0) is 0 Å². The van der Waals surface area contributed by atoms with E-state index in [-0.39, 0.29) is 5.78 Å². The summed E-state index contributed by atoms with van der Waals surface area (Å²) in [5, 5.41) is 0. The highest BCUT2D eigenvalue weighted by molar-refractivity contribution is 6.06. The molecule has 3 aromatic rings. The molecule has 3 rings (SSSR count). The van der Waals surface area contributed by atoms with Crippen molar-refractivity contribution < 1.29 is 14.3 Å². The molecule has 0 aliphatic rings. The third kappa shape index (κ3) is 6.51. The third-order valence-electron chi connectivity index (χ3n) is 4.23. The van der Waals surface area contributed by atoms with Gasteiger partial charge in [-0.15, -0.1) is 0 Å². The van der Waals surface area contributed by atoms with Crippen molar-refractivity contribution in [2.75, 3.05) is 13.2 Å². The Morgan fingerprint density at radius 3 is 1.76 bits per heavy atom. The van der Waals surface area contributed by atoms with Crippen molar-refractivity contribution in [3.8, 4) is 11.5 Å². The first-order chi connectivity index (χ1) is 14.2. The molecular weight excluding hydrogens is 360 g/mol. The zero-order chi connectivity index (χ0) is 20.3. The van der Waals surface area contributed by atoms with Crippen molar-refractivity contribution in [3.05, 3.63) is 108 Å². The van der Waals surface area contributed by atoms with Gasteiger partial charge in [0, 0.05) is 5.56 Å². The number of rotatable bonds is 9. The molecule has 0 bridgehead atoms. The Morgan fingerprint density at radius 2 is 1.24 bits per heavy atom. The lowest BCUT2D eigenvalue weighted by atomic mass is 10.1. The molecule has 0 unspecified atom stereocenters. The van der Waals surface area contributed by atoms with Crippen LogP contribution >= 0.6 is 0 Å². The number of ether oxygens (including phenoxy) is 2. The van der Waals surface area contributed by atoms with Crippen molar-refractivity contribution in [3.63, 3.8) is 0 Å². The number of carbonyl (C=O) groups is 1. The van der Waals surface area contributed by atoms with Gasteiger partial charge < -0.3 is 9.47 Å². The van der Waals surface area contributed by atoms with Crippen LogP contribution in [0.4, 0.5) is 0 Å². The number of hydrogen-bond donors (Lipinski definition) is 0. The fourth-order valence-electron chi connectivity index (χ4n) is 2.73. The lowest BCUT2D eigenvalue weighted by Crippen LogP contribution is -2.08. The van der Waals surface area contributed by atoms with Gasteiger partial charge in [0.25, 0.3) is 0 Å². The van der Waals surface area contributed by atoms with Gasteiger partial charge in [-0.2, -0.15) is 0 Å². The van der Waals surface area contributed by atoms with E-state index in [1.54, 1.807) is 12.2 Å². The average molecular weight is 384 g/mol. The molecule has 0 spiro atoms. The van der Waals surface area contributed by atoms with Crippen LogP contribution in [0.25, 0.3) is 12.2 Å². The Balaban J connectivity index is 1.43. The van der Waals surface area contributed by atoms with E-state index in [4.69, 9.17) is 9.47 Å². The van der Waals surface area contributed by atoms with Gasteiger partial charge in [0.05, 0.1) is 0 Å². The number of benzene rings is 3. The van der Waals surface area contributed by atoms with Gasteiger partial charge in [-0.25, -0.2) is 0 Å². The number of allylic oxidation sites excluding steroid dienone is 2. The Labute approximate surface area is 171 Å². The second-order valence-electron chi connectivity index (χ2n) is 6.40. The van der Waals surface area contributed by atoms with Crippen molar-refractivity contribution >= 4 is 17.9 Å². The molecule has 0 aliphatic heterocycles. The summed E-state index contributed by atoms with van der Waals surface area (Å²) in [6, 6.07) is 24.8. The van der Waals surface area contributed by atoms with Gasteiger partial charge >= 0.3 is 0 Å². The van der Waals surface area contributed by atoms with E-state index in [0.717, 1.165) is 22.6 Å². The summed E-state index contributed by atoms with van der Waals surface area (Å²) in [6.45, 7) is 2.92. The maximum absolute atomic E-state index is 12.1. The lowest BCUT2D eigenvalue weighted by molar-refractivity contribution is 0.104. The van der Waals surface area contributed by atoms with Crippen LogP contribution in [-0.4, -0.2) is 19.0 Å². The molecule has 0 amide bonds. The Hall–Kier alpha value is -3.59. The fourth-order valence-corrected chi connectivity index (χ4v) is 2.73. The van der Waals surface area contributed by atoms with Crippen LogP contribution in [0.2, 0.25) is 0 Å². The topological polar surface area (TPSA) is 35.5 Å². The summed E-state index contributed by atoms with van der Waals surface area (Å²) in [5.41, 5.74) is 2.77. The number of carbonyl (C=O) groups excluding carboxylic acids is 1. The van der Waals surface area contributed by atoms with Crippen LogP contribution in [0.15, 0.2) is 91.0 Å². The molecule has 0 atom stereocenters. The first-order valence-corrected chi connectivity index (χ1v) is 9.60. The summed E-state index contributed by atoms with van der Waals surface area (Å²) >= 11 is 0. The molecule has 29 heavy (non-hydrogen) atoms. The standard InChI is InChI=1S/C26H24O3/c1-2-6-21-9-14-24(15-10-21)28-19-20-29-25-16-11-22(12-17-25)13-18-26(27)23-7-4-3-5-8-23/h2-18H,19-20H2,1H3/b6-2?,18-13+. The Kier molecular flexibility index (Phi) is 7.41. The molecule has 0 fully saturated rings. The van der Waals surface area contributed by atoms with E-state index in [1.165, 1.54) is 0 Å². The van der Waals surface area contributed by atoms with Crippen LogP contribution in [0.5, 0.6) is 11.5 Å². The molecule has 0 radical (unpaired) electrons. The second-order valence-corrected chi connectivity index (χ2v) is 6.40. The highest BCUT2D eigenvalue weighted by atomic mass is 16.5. The normalized spacial score (nSPS) is 11.1. The smallest absolute Gasteiger partial charge is 0.185 e. The Bertz CT molecular complexity index is 953. The molecule has 146 valence electrons. The molecule has 3 aromatic carbocycles. The Morgan fingerprint density at radius 1 is 0.724 bits per heavy atom. The van der Waals surface area contributed by atoms with E-state index in [9.17, 15) is 4.79 Å². The van der Waals surface area contributed by atoms with Crippen molar-refractivity contribution in [2.45, 2.75) is 6.92 Å². The number of ketones is 1. The molecular formula is C26H24O3. The van der Waals surface area contributed by atoms with Gasteiger partial charge in [0.2, 0.25) is 0 Å². The fraction of sp³-hybridized carbons (Fsp3) is 0.115. The monoisotopic (exact) mass is 384 g/mol. The maximum Gasteiger partial charge on any atom is 0.185 e. The minimum Gasteiger partial charge on any atom is -0.490 e. The highest BCUT2D eigenvalue weighted by Gasteiger charge is 2.00. The largest absolute Gasteiger partial charge is 0.490 e. The molecule has 0 saturated heterocycles. The zero-order valence-electron chi connectivity index (χ0n) is 16.5. The molecule has 0 heterocycles. The zero-order valence-corrected chi connectivity index (χ0v) is 16.5. The summed E-state index contributed by atoms with van der Waals surface area (Å²) < 4.78 is 11.4. The van der Waals surface area contributed by atoms with Crippen molar-refractivity contribution in [1.82, 2.24) is 0 Å². The minimum absolute atomic E-state index is 0.0122. The average Bonchev–Trinajstić information content (AvgIpc) is 2.78. The van der Waals surface area contributed by atoms with Crippen LogP contribution < -0.4 is 9.47 Å². The summed E-state index contributed by atoms with van der Waals surface area (Å²) in [5.74, 6) is 1.58. The third-order valence-corrected chi connectivity index (χ3v) is 4.23. The first kappa shape index (κ1) is 20.2. The van der Waals surface area contributed by atoms with Crippen molar-refractivity contribution in [2.24, 2.45) is 0 Å². The van der Waals surface area contributed by atoms with E-state index >= 15 is 0 Å². The SMILES string of the molecule is CC=Cc1ccc(OCCOc2ccc(/C=C/C(=O)c3ccccc3)cc2)cc1. The van der Waals surface area contributed by atoms with Gasteiger partial charge in [0.15, 0.2) is 5.78 Å². The van der Waals surface area contributed by atoms with E-state index < -0.39 is 0 Å². The van der Waals surface area contributed by atoms with E-state index in [1.807, 2.05) is 97.9 Å². The summed E-state index contributed by atoms with van der Waals surface area (Å²) in [4.78, 5) is 12.1. The quantitative estimate of drug-likeness (QED) is 0.255. The molecule has 3 heteroatoms. The molecule has 0 aromatic heterocycles. The molecule has 0 aliphatic carbocycles. The minimum atomic E-state index is -0.0122. The second kappa shape index (κ2) is 10.7. The van der Waals surface area contributed by atoms with Gasteiger partial charge in [0.1, 0.15) is 24.7 Å². The lowest BCUT2D eigenvalue weighted by Gasteiger charge is -2.09. The number of hydrogen-bond acceptors (Lipinski definition) is 3. The van der Waals surface area contributed by atoms with E-state index in [0.29, 0.717) is 18.8 Å². The summed E-state index contributed by atoms with van der Waals surface area (Å²) in [6.07, 6.45) is 7.44. The predicted octanol–water partition coefficient (Wildman–Crippen LogP) is 6.07. The van der Waals surface area contributed by atoms with Crippen LogP contribution in [0.1, 0.15) is 28.4 Å². The van der Waals surface area contributed by atoms with Crippen LogP contribution in [0.3, 0.4) is 0 Å². The maximum atomic E-state index is 12.1. The van der Waals surface area contributed by atoms with Crippen molar-refractivity contribution in [1.29, 1.82) is 0 Å². The molecule has 3 nitrogen and oxygen atoms in total. The van der Waals surface area contributed by atoms with Gasteiger partial charge in [-0.1, -0.05) is 72.8 Å². The molecule has 0 saturated carbocycles. The van der Waals surface area contributed by atoms with Gasteiger partial charge in [-0.3, -0.25) is 4.79 Å². The summed E-state index contributed by atoms with van der Waals surface area (Å²) in [7, 11) is 0. The highest BCUT2D eigenvalue weighted by Crippen LogP contribution is 2.15. The first-order valence-electron chi connectivity index (χ1n) is 9.60. The van der Waals surface area contributed by atoms with Crippen LogP contribution in [0, 0.1) is 0 Å². The van der Waals surface area contributed by atoms with Gasteiger partial charge in [-0.05, 0) is 48.4 Å². The predicted molar refractivity (Wildman–Crippen MR) is 118 cm³/mol. The molecule has 0 N–H and O–H groups in total.